The van der Waals surface area contributed by atoms with Gasteiger partial charge in [0.1, 0.15) is 5.67 Å². The van der Waals surface area contributed by atoms with Crippen molar-refractivity contribution in [2.45, 2.75) is 44.8 Å². The molecule has 2 nitrogen and oxygen atoms in total. The van der Waals surface area contributed by atoms with Crippen LogP contribution in [0.25, 0.3) is 0 Å². The Balaban J connectivity index is 2.33. The van der Waals surface area contributed by atoms with Crippen LogP contribution in [0.5, 0.6) is 0 Å². The van der Waals surface area contributed by atoms with E-state index in [4.69, 9.17) is 0 Å². The Morgan fingerprint density at radius 1 is 1.38 bits per heavy atom. The lowest BCUT2D eigenvalue weighted by atomic mass is 9.97. The molecule has 3 heteroatoms. The highest BCUT2D eigenvalue weighted by molar-refractivity contribution is 4.85. The number of halogens is 1. The lowest BCUT2D eigenvalue weighted by Crippen LogP contribution is -2.40. The van der Waals surface area contributed by atoms with Crippen molar-refractivity contribution in [3.8, 4) is 0 Å². The molecule has 1 aliphatic heterocycles. The van der Waals surface area contributed by atoms with Crippen LogP contribution in [0, 0.1) is 0 Å². The topological polar surface area (TPSA) is 24.1 Å². The molecule has 1 saturated heterocycles. The first kappa shape index (κ1) is 10.9. The lowest BCUT2D eigenvalue weighted by molar-refractivity contribution is 0.138. The third-order valence-electron chi connectivity index (χ3n) is 2.56. The zero-order valence-corrected chi connectivity index (χ0v) is 8.70. The molecule has 2 N–H and O–H groups in total. The van der Waals surface area contributed by atoms with Crippen LogP contribution >= 0.6 is 0 Å². The molecule has 1 atom stereocenters. The second-order valence-corrected chi connectivity index (χ2v) is 4.29. The third-order valence-corrected chi connectivity index (χ3v) is 2.56. The Kier molecular flexibility index (Phi) is 4.13. The van der Waals surface area contributed by atoms with Crippen molar-refractivity contribution >= 4 is 0 Å². The Morgan fingerprint density at radius 3 is 2.85 bits per heavy atom. The molecule has 1 unspecified atom stereocenters. The van der Waals surface area contributed by atoms with Crippen molar-refractivity contribution < 1.29 is 4.39 Å². The summed E-state index contributed by atoms with van der Waals surface area (Å²) >= 11 is 0. The van der Waals surface area contributed by atoms with Crippen LogP contribution in [-0.4, -0.2) is 31.3 Å². The van der Waals surface area contributed by atoms with Gasteiger partial charge in [-0.15, -0.1) is 0 Å². The zero-order valence-electron chi connectivity index (χ0n) is 8.70. The fourth-order valence-electron chi connectivity index (χ4n) is 1.66. The largest absolute Gasteiger partial charge is 0.317 e. The molecule has 0 aliphatic carbocycles. The van der Waals surface area contributed by atoms with Gasteiger partial charge in [-0.2, -0.15) is 0 Å². The van der Waals surface area contributed by atoms with Gasteiger partial charge in [0, 0.05) is 12.6 Å². The molecule has 0 aromatic rings. The summed E-state index contributed by atoms with van der Waals surface area (Å²) in [4.78, 5) is 0. The molecule has 0 bridgehead atoms. The van der Waals surface area contributed by atoms with Crippen molar-refractivity contribution in [1.82, 2.24) is 10.6 Å². The van der Waals surface area contributed by atoms with E-state index < -0.39 is 5.67 Å². The molecular formula is C10H21FN2. The molecular weight excluding hydrogens is 167 g/mol. The zero-order chi connectivity index (χ0) is 9.73. The second kappa shape index (κ2) is 4.91. The first-order valence-corrected chi connectivity index (χ1v) is 5.25. The van der Waals surface area contributed by atoms with E-state index in [1.54, 1.807) is 0 Å². The number of nitrogens with one attached hydrogen (secondary N) is 2. The van der Waals surface area contributed by atoms with E-state index in [1.165, 1.54) is 0 Å². The Morgan fingerprint density at radius 2 is 2.15 bits per heavy atom. The molecule has 1 fully saturated rings. The van der Waals surface area contributed by atoms with E-state index >= 15 is 0 Å². The summed E-state index contributed by atoms with van der Waals surface area (Å²) < 4.78 is 14.1. The smallest absolute Gasteiger partial charge is 0.124 e. The second-order valence-electron chi connectivity index (χ2n) is 4.29. The Bertz CT molecular complexity index is 140. The summed E-state index contributed by atoms with van der Waals surface area (Å²) in [7, 11) is 0. The van der Waals surface area contributed by atoms with Gasteiger partial charge in [-0.25, -0.2) is 4.39 Å². The standard InChI is InChI=1S/C10H21FN2/c1-9(2)13-8-10(11)4-3-6-12-7-5-10/h9,12-13H,3-8H2,1-2H3. The van der Waals surface area contributed by atoms with Crippen LogP contribution < -0.4 is 10.6 Å². The average molecular weight is 188 g/mol. The van der Waals surface area contributed by atoms with Crippen molar-refractivity contribution in [1.29, 1.82) is 0 Å². The molecule has 0 radical (unpaired) electrons. The van der Waals surface area contributed by atoms with E-state index in [0.717, 1.165) is 19.5 Å². The van der Waals surface area contributed by atoms with Gasteiger partial charge in [-0.1, -0.05) is 13.8 Å². The van der Waals surface area contributed by atoms with Crippen LogP contribution in [0.15, 0.2) is 0 Å². The predicted octanol–water partition coefficient (Wildman–Crippen LogP) is 1.47. The molecule has 1 aliphatic rings. The lowest BCUT2D eigenvalue weighted by Gasteiger charge is -2.24. The monoisotopic (exact) mass is 188 g/mol. The summed E-state index contributed by atoms with van der Waals surface area (Å²) in [5.41, 5.74) is -0.978. The minimum absolute atomic E-state index is 0.379. The molecule has 0 amide bonds. The highest BCUT2D eigenvalue weighted by atomic mass is 19.1. The predicted molar refractivity (Wildman–Crippen MR) is 53.7 cm³/mol. The van der Waals surface area contributed by atoms with Gasteiger partial charge < -0.3 is 10.6 Å². The number of rotatable bonds is 3. The van der Waals surface area contributed by atoms with Crippen molar-refractivity contribution in [3.63, 3.8) is 0 Å². The quantitative estimate of drug-likeness (QED) is 0.701. The van der Waals surface area contributed by atoms with Crippen LogP contribution in [0.2, 0.25) is 0 Å². The number of hydrogen-bond donors (Lipinski definition) is 2. The highest BCUT2D eigenvalue weighted by Crippen LogP contribution is 2.23. The first-order valence-electron chi connectivity index (χ1n) is 5.25. The molecule has 0 aromatic heterocycles. The maximum atomic E-state index is 14.1. The molecule has 1 heterocycles. The summed E-state index contributed by atoms with van der Waals surface area (Å²) in [6.45, 7) is 6.40. The minimum atomic E-state index is -0.978. The van der Waals surface area contributed by atoms with Gasteiger partial charge in [0.15, 0.2) is 0 Å². The van der Waals surface area contributed by atoms with Crippen LogP contribution in [0.3, 0.4) is 0 Å². The van der Waals surface area contributed by atoms with Crippen LogP contribution in [0.4, 0.5) is 4.39 Å². The average Bonchev–Trinajstić information content (AvgIpc) is 2.28. The Hall–Kier alpha value is -0.150. The van der Waals surface area contributed by atoms with Gasteiger partial charge in [-0.3, -0.25) is 0 Å². The fraction of sp³-hybridized carbons (Fsp3) is 1.00. The molecule has 78 valence electrons. The molecule has 13 heavy (non-hydrogen) atoms. The molecule has 0 saturated carbocycles. The van der Waals surface area contributed by atoms with Crippen molar-refractivity contribution in [2.24, 2.45) is 0 Å². The first-order chi connectivity index (χ1) is 6.12. The summed E-state index contributed by atoms with van der Waals surface area (Å²) in [6.07, 6.45) is 2.29. The van der Waals surface area contributed by atoms with E-state index in [9.17, 15) is 4.39 Å². The van der Waals surface area contributed by atoms with E-state index in [-0.39, 0.29) is 0 Å². The van der Waals surface area contributed by atoms with E-state index in [1.807, 2.05) is 0 Å². The van der Waals surface area contributed by atoms with Crippen LogP contribution in [0.1, 0.15) is 33.1 Å². The molecule has 0 aromatic carbocycles. The molecule has 0 spiro atoms. The molecule has 1 rings (SSSR count). The highest BCUT2D eigenvalue weighted by Gasteiger charge is 2.29. The summed E-state index contributed by atoms with van der Waals surface area (Å²) in [5.74, 6) is 0. The van der Waals surface area contributed by atoms with Crippen molar-refractivity contribution in [2.75, 3.05) is 19.6 Å². The van der Waals surface area contributed by atoms with Gasteiger partial charge in [0.2, 0.25) is 0 Å². The summed E-state index contributed by atoms with van der Waals surface area (Å²) in [6, 6.07) is 0.379. The third kappa shape index (κ3) is 4.05. The Labute approximate surface area is 80.3 Å². The van der Waals surface area contributed by atoms with E-state index in [2.05, 4.69) is 24.5 Å². The fourth-order valence-corrected chi connectivity index (χ4v) is 1.66. The number of hydrogen-bond acceptors (Lipinski definition) is 2. The normalized spacial score (nSPS) is 30.5. The SMILES string of the molecule is CC(C)NCC1(F)CCCNCC1. The maximum absolute atomic E-state index is 14.1. The van der Waals surface area contributed by atoms with Gasteiger partial charge in [-0.05, 0) is 32.4 Å². The number of alkyl halides is 1. The van der Waals surface area contributed by atoms with Gasteiger partial charge in [0.05, 0.1) is 0 Å². The van der Waals surface area contributed by atoms with Gasteiger partial charge in [0.25, 0.3) is 0 Å². The van der Waals surface area contributed by atoms with E-state index in [0.29, 0.717) is 25.4 Å². The van der Waals surface area contributed by atoms with Crippen molar-refractivity contribution in [3.05, 3.63) is 0 Å². The minimum Gasteiger partial charge on any atom is -0.317 e. The van der Waals surface area contributed by atoms with Gasteiger partial charge >= 0.3 is 0 Å². The van der Waals surface area contributed by atoms with Crippen LogP contribution in [-0.2, 0) is 0 Å². The summed E-state index contributed by atoms with van der Waals surface area (Å²) in [5, 5.41) is 6.40. The maximum Gasteiger partial charge on any atom is 0.124 e.